The van der Waals surface area contributed by atoms with Crippen LogP contribution in [0, 0.1) is 0 Å². The van der Waals surface area contributed by atoms with Crippen LogP contribution < -0.4 is 0 Å². The molecule has 1 aromatic rings. The van der Waals surface area contributed by atoms with Crippen LogP contribution in [0.1, 0.15) is 50.9 Å². The smallest absolute Gasteiger partial charge is 0.223 e. The summed E-state index contributed by atoms with van der Waals surface area (Å²) in [6, 6.07) is 9.15. The van der Waals surface area contributed by atoms with E-state index in [4.69, 9.17) is 9.47 Å². The van der Waals surface area contributed by atoms with Gasteiger partial charge in [-0.05, 0) is 26.7 Å². The van der Waals surface area contributed by atoms with Gasteiger partial charge in [0.25, 0.3) is 0 Å². The molecule has 0 fully saturated rings. The van der Waals surface area contributed by atoms with E-state index >= 15 is 0 Å². The van der Waals surface area contributed by atoms with Crippen molar-refractivity contribution in [3.05, 3.63) is 35.9 Å². The highest BCUT2D eigenvalue weighted by Crippen LogP contribution is 2.14. The number of rotatable bonds is 8. The molecule has 0 saturated carbocycles. The van der Waals surface area contributed by atoms with Crippen LogP contribution in [0.5, 0.6) is 0 Å². The van der Waals surface area contributed by atoms with E-state index in [-0.39, 0.29) is 18.0 Å². The van der Waals surface area contributed by atoms with Gasteiger partial charge in [-0.3, -0.25) is 4.79 Å². The van der Waals surface area contributed by atoms with Gasteiger partial charge in [0.2, 0.25) is 12.1 Å². The molecule has 106 valence electrons. The topological polar surface area (TPSA) is 35.5 Å². The lowest BCUT2D eigenvalue weighted by Gasteiger charge is -2.24. The fourth-order valence-corrected chi connectivity index (χ4v) is 1.51. The van der Waals surface area contributed by atoms with Gasteiger partial charge < -0.3 is 9.47 Å². The predicted octanol–water partition coefficient (Wildman–Crippen LogP) is 3.83. The van der Waals surface area contributed by atoms with E-state index in [1.807, 2.05) is 45.9 Å². The number of ether oxygens (including phenoxy) is 2. The Morgan fingerprint density at radius 1 is 1.00 bits per heavy atom. The molecule has 0 radical (unpaired) electrons. The van der Waals surface area contributed by atoms with Crippen LogP contribution in [0.25, 0.3) is 0 Å². The molecule has 3 atom stereocenters. The minimum absolute atomic E-state index is 0.00159. The maximum absolute atomic E-state index is 12.4. The highest BCUT2D eigenvalue weighted by atomic mass is 16.7. The Morgan fingerprint density at radius 3 is 1.89 bits per heavy atom. The van der Waals surface area contributed by atoms with Crippen LogP contribution >= 0.6 is 0 Å². The monoisotopic (exact) mass is 264 g/mol. The Balaban J connectivity index is 2.80. The number of carbonyl (C=O) groups excluding carboxylic acids is 1. The zero-order valence-corrected chi connectivity index (χ0v) is 12.3. The Bertz CT molecular complexity index is 363. The van der Waals surface area contributed by atoms with E-state index < -0.39 is 6.29 Å². The molecule has 1 rings (SSSR count). The van der Waals surface area contributed by atoms with Crippen molar-refractivity contribution in [3.63, 3.8) is 0 Å². The minimum Gasteiger partial charge on any atom is -0.343 e. The molecule has 1 unspecified atom stereocenters. The fourth-order valence-electron chi connectivity index (χ4n) is 1.51. The van der Waals surface area contributed by atoms with E-state index in [1.165, 1.54) is 0 Å². The van der Waals surface area contributed by atoms with Crippen molar-refractivity contribution in [2.75, 3.05) is 0 Å². The van der Waals surface area contributed by atoms with Gasteiger partial charge in [-0.15, -0.1) is 0 Å². The van der Waals surface area contributed by atoms with Crippen LogP contribution in [0.3, 0.4) is 0 Å². The number of carbonyl (C=O) groups is 1. The number of ketones is 1. The van der Waals surface area contributed by atoms with E-state index in [2.05, 4.69) is 0 Å². The molecule has 0 saturated heterocycles. The molecule has 19 heavy (non-hydrogen) atoms. The first-order chi connectivity index (χ1) is 9.08. The second-order valence-electron chi connectivity index (χ2n) is 4.77. The average Bonchev–Trinajstić information content (AvgIpc) is 2.46. The lowest BCUT2D eigenvalue weighted by Crippen LogP contribution is -2.33. The molecular weight excluding hydrogens is 240 g/mol. The molecule has 3 nitrogen and oxygen atoms in total. The lowest BCUT2D eigenvalue weighted by atomic mass is 10.1. The van der Waals surface area contributed by atoms with Crippen LogP contribution in [-0.4, -0.2) is 24.3 Å². The Morgan fingerprint density at radius 2 is 1.47 bits per heavy atom. The quantitative estimate of drug-likeness (QED) is 0.529. The first kappa shape index (κ1) is 15.9. The van der Waals surface area contributed by atoms with Crippen molar-refractivity contribution in [2.24, 2.45) is 0 Å². The molecule has 3 heteroatoms. The average molecular weight is 264 g/mol. The molecule has 1 aromatic carbocycles. The first-order valence-electron chi connectivity index (χ1n) is 6.98. The Labute approximate surface area is 115 Å². The number of Topliss-reactive ketones (excluding diaryl/α,β-unsaturated/α-hetero) is 1. The molecule has 0 aliphatic rings. The third-order valence-electron chi connectivity index (χ3n) is 3.13. The predicted molar refractivity (Wildman–Crippen MR) is 76.2 cm³/mol. The molecule has 0 spiro atoms. The molecule has 0 heterocycles. The van der Waals surface area contributed by atoms with Crippen molar-refractivity contribution in [2.45, 2.75) is 59.0 Å². The molecular formula is C16H24O3. The summed E-state index contributed by atoms with van der Waals surface area (Å²) in [5.41, 5.74) is 0.624. The van der Waals surface area contributed by atoms with Crippen molar-refractivity contribution >= 4 is 5.78 Å². The summed E-state index contributed by atoms with van der Waals surface area (Å²) >= 11 is 0. The standard InChI is InChI=1S/C16H24O3/c1-5-12(3)18-16(19-13(4)6-2)15(17)14-10-8-7-9-11-14/h7-13,16H,5-6H2,1-4H3/t12-,13+,16?. The van der Waals surface area contributed by atoms with E-state index in [1.54, 1.807) is 12.1 Å². The van der Waals surface area contributed by atoms with E-state index in [0.717, 1.165) is 12.8 Å². The van der Waals surface area contributed by atoms with Crippen LogP contribution in [0.4, 0.5) is 0 Å². The van der Waals surface area contributed by atoms with Gasteiger partial charge in [0.05, 0.1) is 12.2 Å². The number of hydrogen-bond acceptors (Lipinski definition) is 3. The van der Waals surface area contributed by atoms with Crippen LogP contribution in [0.2, 0.25) is 0 Å². The van der Waals surface area contributed by atoms with E-state index in [0.29, 0.717) is 5.56 Å². The SMILES string of the molecule is CC[C@@H](C)OC(O[C@@H](C)CC)C(=O)c1ccccc1. The maximum Gasteiger partial charge on any atom is 0.223 e. The fraction of sp³-hybridized carbons (Fsp3) is 0.562. The van der Waals surface area contributed by atoms with Crippen LogP contribution in [-0.2, 0) is 9.47 Å². The summed E-state index contributed by atoms with van der Waals surface area (Å²) in [6.07, 6.45) is 0.890. The number of hydrogen-bond donors (Lipinski definition) is 0. The van der Waals surface area contributed by atoms with Crippen molar-refractivity contribution in [1.29, 1.82) is 0 Å². The molecule has 0 N–H and O–H groups in total. The third kappa shape index (κ3) is 5.13. The third-order valence-corrected chi connectivity index (χ3v) is 3.13. The minimum atomic E-state index is -0.813. The molecule has 0 aromatic heterocycles. The summed E-state index contributed by atoms with van der Waals surface area (Å²) < 4.78 is 11.4. The van der Waals surface area contributed by atoms with Gasteiger partial charge in [0.15, 0.2) is 0 Å². The first-order valence-corrected chi connectivity index (χ1v) is 6.98. The van der Waals surface area contributed by atoms with Crippen molar-refractivity contribution in [3.8, 4) is 0 Å². The van der Waals surface area contributed by atoms with Gasteiger partial charge in [-0.1, -0.05) is 44.2 Å². The zero-order chi connectivity index (χ0) is 14.3. The van der Waals surface area contributed by atoms with Gasteiger partial charge in [0.1, 0.15) is 0 Å². The summed E-state index contributed by atoms with van der Waals surface area (Å²) in [5, 5.41) is 0. The number of benzene rings is 1. The van der Waals surface area contributed by atoms with Crippen LogP contribution in [0.15, 0.2) is 30.3 Å². The van der Waals surface area contributed by atoms with Crippen molar-refractivity contribution in [1.82, 2.24) is 0 Å². The van der Waals surface area contributed by atoms with Gasteiger partial charge in [-0.2, -0.15) is 0 Å². The Kier molecular flexibility index (Phi) is 6.74. The molecule has 0 aliphatic carbocycles. The largest absolute Gasteiger partial charge is 0.343 e. The lowest BCUT2D eigenvalue weighted by molar-refractivity contribution is -0.161. The molecule has 0 aliphatic heterocycles. The summed E-state index contributed by atoms with van der Waals surface area (Å²) in [6.45, 7) is 7.95. The second-order valence-corrected chi connectivity index (χ2v) is 4.77. The summed E-state index contributed by atoms with van der Waals surface area (Å²) in [5.74, 6) is -0.110. The zero-order valence-electron chi connectivity index (χ0n) is 12.3. The normalized spacial score (nSPS) is 15.8. The second kappa shape index (κ2) is 8.08. The highest BCUT2D eigenvalue weighted by Gasteiger charge is 2.25. The summed E-state index contributed by atoms with van der Waals surface area (Å²) in [4.78, 5) is 12.4. The molecule has 0 amide bonds. The summed E-state index contributed by atoms with van der Waals surface area (Å²) in [7, 11) is 0. The Hall–Kier alpha value is -1.19. The maximum atomic E-state index is 12.4. The van der Waals surface area contributed by atoms with Gasteiger partial charge in [0, 0.05) is 5.56 Å². The van der Waals surface area contributed by atoms with Gasteiger partial charge >= 0.3 is 0 Å². The highest BCUT2D eigenvalue weighted by molar-refractivity contribution is 5.98. The van der Waals surface area contributed by atoms with E-state index in [9.17, 15) is 4.79 Å². The molecule has 0 bridgehead atoms. The van der Waals surface area contributed by atoms with Crippen molar-refractivity contribution < 1.29 is 14.3 Å². The van der Waals surface area contributed by atoms with Gasteiger partial charge in [-0.25, -0.2) is 0 Å².